The minimum absolute atomic E-state index is 0.0615. The van der Waals surface area contributed by atoms with Gasteiger partial charge >= 0.3 is 5.97 Å². The van der Waals surface area contributed by atoms with E-state index in [0.29, 0.717) is 37.2 Å². The predicted octanol–water partition coefficient (Wildman–Crippen LogP) is 4.19. The summed E-state index contributed by atoms with van der Waals surface area (Å²) in [6.45, 7) is 7.08. The lowest BCUT2D eigenvalue weighted by Crippen LogP contribution is -2.26. The van der Waals surface area contributed by atoms with Gasteiger partial charge in [0, 0.05) is 36.9 Å². The van der Waals surface area contributed by atoms with Crippen molar-refractivity contribution in [3.63, 3.8) is 0 Å². The molecule has 0 bridgehead atoms. The van der Waals surface area contributed by atoms with E-state index in [1.54, 1.807) is 23.0 Å². The Labute approximate surface area is 180 Å². The maximum absolute atomic E-state index is 13.6. The summed E-state index contributed by atoms with van der Waals surface area (Å²) in [4.78, 5) is 31.8. The Bertz CT molecular complexity index is 1130. The number of aromatic nitrogens is 2. The van der Waals surface area contributed by atoms with Crippen molar-refractivity contribution in [3.05, 3.63) is 50.4 Å². The Morgan fingerprint density at radius 1 is 1.17 bits per heavy atom. The van der Waals surface area contributed by atoms with E-state index in [9.17, 15) is 9.59 Å². The number of benzene rings is 1. The zero-order chi connectivity index (χ0) is 21.8. The number of methoxy groups -OCH3 is 2. The highest BCUT2D eigenvalue weighted by molar-refractivity contribution is 7.19. The van der Waals surface area contributed by atoms with Crippen LogP contribution in [0, 0.1) is 20.8 Å². The van der Waals surface area contributed by atoms with Crippen LogP contribution in [-0.2, 0) is 27.2 Å². The molecule has 0 saturated carbocycles. The van der Waals surface area contributed by atoms with E-state index >= 15 is 0 Å². The van der Waals surface area contributed by atoms with Crippen LogP contribution in [0.3, 0.4) is 0 Å². The number of fused-ring (bicyclic) bond motifs is 1. The average molecular weight is 429 g/mol. The standard InChI is InChI=1S/C23H28N2O4S/c1-14-8-9-17(13-15(14)2)20-16(3)30-22-21(20)23(27)25(11-6-7-19(26)29-5)18(24-22)10-12-28-4/h8-9,13H,6-7,10-12H2,1-5H3. The van der Waals surface area contributed by atoms with Crippen LogP contribution in [0.2, 0.25) is 0 Å². The maximum Gasteiger partial charge on any atom is 0.305 e. The number of hydrogen-bond acceptors (Lipinski definition) is 6. The molecule has 0 N–H and O–H groups in total. The first-order valence-electron chi connectivity index (χ1n) is 10.0. The second-order valence-electron chi connectivity index (χ2n) is 7.42. The van der Waals surface area contributed by atoms with Crippen molar-refractivity contribution in [1.82, 2.24) is 9.55 Å². The molecule has 1 aromatic carbocycles. The molecule has 0 aliphatic carbocycles. The summed E-state index contributed by atoms with van der Waals surface area (Å²) in [5, 5.41) is 0.653. The monoisotopic (exact) mass is 428 g/mol. The first kappa shape index (κ1) is 22.2. The molecule has 0 unspecified atom stereocenters. The number of aryl methyl sites for hydroxylation is 3. The smallest absolute Gasteiger partial charge is 0.305 e. The van der Waals surface area contributed by atoms with Crippen LogP contribution in [0.1, 0.15) is 34.7 Å². The Morgan fingerprint density at radius 2 is 1.93 bits per heavy atom. The summed E-state index contributed by atoms with van der Waals surface area (Å²) in [6, 6.07) is 6.28. The zero-order valence-electron chi connectivity index (χ0n) is 18.2. The molecule has 3 rings (SSSR count). The first-order chi connectivity index (χ1) is 14.4. The second kappa shape index (κ2) is 9.53. The van der Waals surface area contributed by atoms with E-state index in [4.69, 9.17) is 14.5 Å². The highest BCUT2D eigenvalue weighted by Gasteiger charge is 2.20. The van der Waals surface area contributed by atoms with Crippen LogP contribution in [0.25, 0.3) is 21.3 Å². The summed E-state index contributed by atoms with van der Waals surface area (Å²) in [5.41, 5.74) is 4.33. The molecule has 0 saturated heterocycles. The van der Waals surface area contributed by atoms with Crippen molar-refractivity contribution in [3.8, 4) is 11.1 Å². The molecular formula is C23H28N2O4S. The summed E-state index contributed by atoms with van der Waals surface area (Å²) in [7, 11) is 3.00. The van der Waals surface area contributed by atoms with Crippen molar-refractivity contribution in [2.24, 2.45) is 0 Å². The van der Waals surface area contributed by atoms with Crippen LogP contribution < -0.4 is 5.56 Å². The summed E-state index contributed by atoms with van der Waals surface area (Å²) in [5.74, 6) is 0.407. The fourth-order valence-electron chi connectivity index (χ4n) is 3.58. The quantitative estimate of drug-likeness (QED) is 0.503. The molecule has 2 aromatic heterocycles. The minimum Gasteiger partial charge on any atom is -0.469 e. The molecule has 0 spiro atoms. The van der Waals surface area contributed by atoms with Gasteiger partial charge in [0.25, 0.3) is 5.56 Å². The van der Waals surface area contributed by atoms with Crippen molar-refractivity contribution >= 4 is 27.5 Å². The molecule has 30 heavy (non-hydrogen) atoms. The third-order valence-electron chi connectivity index (χ3n) is 5.38. The Kier molecular flexibility index (Phi) is 7.05. The number of esters is 1. The minimum atomic E-state index is -0.280. The van der Waals surface area contributed by atoms with E-state index in [1.165, 1.54) is 18.2 Å². The van der Waals surface area contributed by atoms with Crippen molar-refractivity contribution in [2.45, 2.75) is 46.6 Å². The fourth-order valence-corrected chi connectivity index (χ4v) is 4.63. The molecule has 6 nitrogen and oxygen atoms in total. The van der Waals surface area contributed by atoms with Gasteiger partial charge in [-0.05, 0) is 43.9 Å². The van der Waals surface area contributed by atoms with Gasteiger partial charge in [-0.1, -0.05) is 18.2 Å². The van der Waals surface area contributed by atoms with Crippen LogP contribution in [0.15, 0.2) is 23.0 Å². The molecule has 0 aliphatic heterocycles. The Morgan fingerprint density at radius 3 is 2.60 bits per heavy atom. The number of hydrogen-bond donors (Lipinski definition) is 0. The van der Waals surface area contributed by atoms with Crippen LogP contribution in [0.5, 0.6) is 0 Å². The van der Waals surface area contributed by atoms with Crippen LogP contribution in [0.4, 0.5) is 0 Å². The molecule has 7 heteroatoms. The highest BCUT2D eigenvalue weighted by atomic mass is 32.1. The number of thiophene rings is 1. The first-order valence-corrected chi connectivity index (χ1v) is 10.8. The number of carbonyl (C=O) groups is 1. The number of carbonyl (C=O) groups excluding carboxylic acids is 1. The molecule has 0 fully saturated rings. The molecular weight excluding hydrogens is 400 g/mol. The molecule has 0 amide bonds. The average Bonchev–Trinajstić information content (AvgIpc) is 3.06. The lowest BCUT2D eigenvalue weighted by atomic mass is 9.99. The van der Waals surface area contributed by atoms with Gasteiger partial charge in [-0.2, -0.15) is 0 Å². The van der Waals surface area contributed by atoms with Gasteiger partial charge in [-0.25, -0.2) is 4.98 Å². The molecule has 160 valence electrons. The van der Waals surface area contributed by atoms with Gasteiger partial charge < -0.3 is 9.47 Å². The summed E-state index contributed by atoms with van der Waals surface area (Å²) in [6.07, 6.45) is 1.31. The van der Waals surface area contributed by atoms with Gasteiger partial charge in [0.1, 0.15) is 10.7 Å². The summed E-state index contributed by atoms with van der Waals surface area (Å²) >= 11 is 1.55. The normalized spacial score (nSPS) is 11.2. The topological polar surface area (TPSA) is 70.4 Å². The van der Waals surface area contributed by atoms with Crippen molar-refractivity contribution < 1.29 is 14.3 Å². The van der Waals surface area contributed by atoms with Gasteiger partial charge in [0.05, 0.1) is 19.1 Å². The van der Waals surface area contributed by atoms with Gasteiger partial charge in [-0.3, -0.25) is 14.2 Å². The number of rotatable bonds is 8. The lowest BCUT2D eigenvalue weighted by molar-refractivity contribution is -0.140. The lowest BCUT2D eigenvalue weighted by Gasteiger charge is -2.13. The number of ether oxygens (including phenoxy) is 2. The fraction of sp³-hybridized carbons (Fsp3) is 0.435. The molecule has 2 heterocycles. The van der Waals surface area contributed by atoms with Gasteiger partial charge in [0.15, 0.2) is 0 Å². The SMILES string of the molecule is COCCc1nc2sc(C)c(-c3ccc(C)c(C)c3)c2c(=O)n1CCCC(=O)OC. The van der Waals surface area contributed by atoms with E-state index < -0.39 is 0 Å². The molecule has 0 atom stereocenters. The largest absolute Gasteiger partial charge is 0.469 e. The van der Waals surface area contributed by atoms with Crippen molar-refractivity contribution in [1.29, 1.82) is 0 Å². The van der Waals surface area contributed by atoms with Crippen LogP contribution in [-0.4, -0.2) is 36.3 Å². The van der Waals surface area contributed by atoms with E-state index in [0.717, 1.165) is 20.8 Å². The van der Waals surface area contributed by atoms with E-state index in [1.807, 2.05) is 6.92 Å². The second-order valence-corrected chi connectivity index (χ2v) is 8.62. The van der Waals surface area contributed by atoms with Gasteiger partial charge in [-0.15, -0.1) is 11.3 Å². The highest BCUT2D eigenvalue weighted by Crippen LogP contribution is 2.36. The van der Waals surface area contributed by atoms with Crippen LogP contribution >= 0.6 is 11.3 Å². The van der Waals surface area contributed by atoms with Crippen molar-refractivity contribution in [2.75, 3.05) is 20.8 Å². The molecule has 3 aromatic rings. The molecule has 0 radical (unpaired) electrons. The third-order valence-corrected chi connectivity index (χ3v) is 6.38. The Hall–Kier alpha value is -2.51. The van der Waals surface area contributed by atoms with E-state index in [2.05, 4.69) is 32.0 Å². The predicted molar refractivity (Wildman–Crippen MR) is 120 cm³/mol. The third kappa shape index (κ3) is 4.47. The van der Waals surface area contributed by atoms with E-state index in [-0.39, 0.29) is 17.9 Å². The zero-order valence-corrected chi connectivity index (χ0v) is 19.0. The number of nitrogens with zero attached hydrogens (tertiary/aromatic N) is 2. The Balaban J connectivity index is 2.14. The summed E-state index contributed by atoms with van der Waals surface area (Å²) < 4.78 is 11.6. The van der Waals surface area contributed by atoms with Gasteiger partial charge in [0.2, 0.25) is 0 Å². The maximum atomic E-state index is 13.6. The molecule has 0 aliphatic rings.